The van der Waals surface area contributed by atoms with Gasteiger partial charge >= 0.3 is 13.7 Å². The van der Waals surface area contributed by atoms with Crippen LogP contribution >= 0.6 is 30.8 Å². The van der Waals surface area contributed by atoms with Gasteiger partial charge in [-0.05, 0) is 0 Å². The van der Waals surface area contributed by atoms with E-state index >= 15 is 0 Å². The van der Waals surface area contributed by atoms with E-state index in [1.807, 2.05) is 23.3 Å². The minimum Gasteiger partial charge on any atom is -0.477 e. The third kappa shape index (κ3) is 5.42. The van der Waals surface area contributed by atoms with Crippen LogP contribution in [0.2, 0.25) is 0 Å². The number of thiazole rings is 1. The smallest absolute Gasteiger partial charge is 0.429 e. The zero-order valence-corrected chi connectivity index (χ0v) is 21.0. The zero-order chi connectivity index (χ0) is 26.0. The third-order valence-electron chi connectivity index (χ3n) is 5.07. The maximum atomic E-state index is 12.9. The number of β-lactam (4-membered cyclic amide) rings is 1. The first-order valence-electron chi connectivity index (χ1n) is 10.1. The number of nitrogens with zero attached hydrogens (tertiary/aromatic N) is 4. The molecule has 2 aromatic rings. The van der Waals surface area contributed by atoms with E-state index in [2.05, 4.69) is 15.5 Å². The van der Waals surface area contributed by atoms with Crippen LogP contribution in [0.4, 0.5) is 5.13 Å². The van der Waals surface area contributed by atoms with Crippen molar-refractivity contribution in [3.63, 3.8) is 0 Å². The molecular weight excluding hydrogens is 535 g/mol. The molecule has 4 heterocycles. The lowest BCUT2D eigenvalue weighted by molar-refractivity contribution is -0.689. The average molecular weight is 556 g/mol. The fourth-order valence-corrected chi connectivity index (χ4v) is 6.37. The molecule has 2 aliphatic heterocycles. The Bertz CT molecular complexity index is 1310. The molecule has 1 unspecified atom stereocenters. The lowest BCUT2D eigenvalue weighted by Gasteiger charge is -2.49. The van der Waals surface area contributed by atoms with Crippen LogP contribution in [0, 0.1) is 0 Å². The molecule has 0 saturated carbocycles. The van der Waals surface area contributed by atoms with Gasteiger partial charge in [-0.2, -0.15) is 0 Å². The Morgan fingerprint density at radius 3 is 2.69 bits per heavy atom. The minimum atomic E-state index is -4.61. The number of hydrogen-bond donors (Lipinski definition) is 5. The molecule has 0 bridgehead atoms. The zero-order valence-electron chi connectivity index (χ0n) is 18.5. The predicted molar refractivity (Wildman–Crippen MR) is 128 cm³/mol. The van der Waals surface area contributed by atoms with Crippen molar-refractivity contribution in [2.24, 2.45) is 5.16 Å². The standard InChI is InChI=1S/C19H19N6O8PS2/c1-33-22-12(11-9-36-19(20-11)23-34(30,31)32)15(26)21-13-16(27)25-14(18(28)29)10(8-35-17(13)25)7-24-5-3-2-4-6-24/h2-6,9,13,17H,7-8H2,1H3,(H4-,20,21,23,26,28,29,30,31,32)/p+1/t13?,17-/m0/s1. The van der Waals surface area contributed by atoms with E-state index in [4.69, 9.17) is 14.6 Å². The van der Waals surface area contributed by atoms with Crippen molar-refractivity contribution < 1.29 is 43.2 Å². The molecule has 2 aromatic heterocycles. The fraction of sp³-hybridized carbons (Fsp3) is 0.263. The molecule has 36 heavy (non-hydrogen) atoms. The number of fused-ring (bicyclic) bond motifs is 1. The van der Waals surface area contributed by atoms with Crippen molar-refractivity contribution in [2.75, 3.05) is 17.9 Å². The van der Waals surface area contributed by atoms with E-state index in [1.165, 1.54) is 24.3 Å². The van der Waals surface area contributed by atoms with Crippen molar-refractivity contribution >= 4 is 59.5 Å². The van der Waals surface area contributed by atoms with Crippen molar-refractivity contribution in [3.8, 4) is 0 Å². The molecule has 0 aliphatic carbocycles. The van der Waals surface area contributed by atoms with Crippen LogP contribution < -0.4 is 15.0 Å². The summed E-state index contributed by atoms with van der Waals surface area (Å²) in [6, 6.07) is 4.44. The van der Waals surface area contributed by atoms with E-state index in [-0.39, 0.29) is 22.2 Å². The number of oxime groups is 1. The molecule has 1 saturated heterocycles. The normalized spacial score (nSPS) is 19.9. The molecule has 0 aromatic carbocycles. The number of carbonyl (C=O) groups excluding carboxylic acids is 2. The number of carboxylic acid groups (broad SMARTS) is 1. The third-order valence-corrected chi connectivity index (χ3v) is 7.82. The summed E-state index contributed by atoms with van der Waals surface area (Å²) in [6.45, 7) is 0.294. The van der Waals surface area contributed by atoms with Gasteiger partial charge in [0.2, 0.25) is 0 Å². The number of carbonyl (C=O) groups is 3. The molecular formula is C19H20N6O8PS2+. The number of aromatic nitrogens is 2. The highest BCUT2D eigenvalue weighted by Crippen LogP contribution is 2.40. The van der Waals surface area contributed by atoms with Crippen LogP contribution in [-0.2, 0) is 30.3 Å². The topological polar surface area (TPSA) is 195 Å². The van der Waals surface area contributed by atoms with E-state index in [9.17, 15) is 24.1 Å². The largest absolute Gasteiger partial charge is 0.477 e. The highest BCUT2D eigenvalue weighted by molar-refractivity contribution is 8.00. The first kappa shape index (κ1) is 25.8. The number of hydrogen-bond acceptors (Lipinski definition) is 9. The van der Waals surface area contributed by atoms with Crippen LogP contribution in [0.5, 0.6) is 0 Å². The molecule has 0 spiro atoms. The Morgan fingerprint density at radius 1 is 1.33 bits per heavy atom. The summed E-state index contributed by atoms with van der Waals surface area (Å²) in [4.78, 5) is 65.8. The van der Waals surface area contributed by atoms with Gasteiger partial charge in [-0.3, -0.25) is 19.6 Å². The molecule has 1 fully saturated rings. The highest BCUT2D eigenvalue weighted by atomic mass is 32.2. The van der Waals surface area contributed by atoms with Gasteiger partial charge in [0, 0.05) is 28.8 Å². The van der Waals surface area contributed by atoms with Crippen LogP contribution in [-0.4, -0.2) is 72.6 Å². The maximum Gasteiger partial charge on any atom is 0.429 e. The first-order valence-corrected chi connectivity index (χ1v) is 13.7. The summed E-state index contributed by atoms with van der Waals surface area (Å²) in [7, 11) is -3.42. The van der Waals surface area contributed by atoms with Crippen molar-refractivity contribution in [3.05, 3.63) is 52.9 Å². The summed E-state index contributed by atoms with van der Waals surface area (Å²) in [5.74, 6) is -2.31. The molecule has 5 N–H and O–H groups in total. The lowest BCUT2D eigenvalue weighted by Crippen LogP contribution is -2.71. The quantitative estimate of drug-likeness (QED) is 0.0898. The summed E-state index contributed by atoms with van der Waals surface area (Å²) in [5.41, 5.74) is 0.0922. The monoisotopic (exact) mass is 555 g/mol. The van der Waals surface area contributed by atoms with Gasteiger partial charge in [0.05, 0.1) is 0 Å². The van der Waals surface area contributed by atoms with Crippen LogP contribution in [0.15, 0.2) is 52.4 Å². The van der Waals surface area contributed by atoms with Gasteiger partial charge in [0.15, 0.2) is 29.8 Å². The lowest BCUT2D eigenvalue weighted by atomic mass is 10.0. The van der Waals surface area contributed by atoms with E-state index < -0.39 is 36.9 Å². The van der Waals surface area contributed by atoms with Gasteiger partial charge in [-0.1, -0.05) is 11.2 Å². The molecule has 0 radical (unpaired) electrons. The van der Waals surface area contributed by atoms with E-state index in [1.54, 1.807) is 17.0 Å². The van der Waals surface area contributed by atoms with Gasteiger partial charge < -0.3 is 25.0 Å². The SMILES string of the molecule is CON=C(C(=O)NC1C(=O)N2C(C(=O)O)=C(C[n+]3ccccc3)CS[C@@H]12)c1csc(NP(=O)(O)O)n1. The second-order valence-corrected chi connectivity index (χ2v) is 10.8. The predicted octanol–water partition coefficient (Wildman–Crippen LogP) is -0.275. The second kappa shape index (κ2) is 10.4. The van der Waals surface area contributed by atoms with Gasteiger partial charge in [0.1, 0.15) is 29.9 Å². The Labute approximate surface area is 211 Å². The second-order valence-electron chi connectivity index (χ2n) is 7.48. The Balaban J connectivity index is 1.51. The Morgan fingerprint density at radius 2 is 2.06 bits per heavy atom. The molecule has 17 heteroatoms. The van der Waals surface area contributed by atoms with E-state index in [0.717, 1.165) is 16.2 Å². The number of nitrogens with one attached hydrogen (secondary N) is 2. The van der Waals surface area contributed by atoms with Crippen LogP contribution in [0.3, 0.4) is 0 Å². The Hall–Kier alpha value is -3.30. The van der Waals surface area contributed by atoms with Crippen molar-refractivity contribution in [2.45, 2.75) is 18.0 Å². The number of anilines is 1. The van der Waals surface area contributed by atoms with Gasteiger partial charge in [-0.15, -0.1) is 23.1 Å². The summed E-state index contributed by atoms with van der Waals surface area (Å²) >= 11 is 2.15. The fourth-order valence-electron chi connectivity index (χ4n) is 3.63. The van der Waals surface area contributed by atoms with Crippen molar-refractivity contribution in [1.29, 1.82) is 0 Å². The van der Waals surface area contributed by atoms with Gasteiger partial charge in [0.25, 0.3) is 11.8 Å². The number of carboxylic acids is 1. The van der Waals surface area contributed by atoms with Crippen LogP contribution in [0.25, 0.3) is 0 Å². The number of thioether (sulfide) groups is 1. The van der Waals surface area contributed by atoms with Crippen LogP contribution in [0.1, 0.15) is 5.69 Å². The minimum absolute atomic E-state index is 0.0384. The summed E-state index contributed by atoms with van der Waals surface area (Å²) in [6.07, 6.45) is 3.58. The molecule has 2 atom stereocenters. The number of amides is 2. The summed E-state index contributed by atoms with van der Waals surface area (Å²) in [5, 5.41) is 18.4. The summed E-state index contributed by atoms with van der Waals surface area (Å²) < 4.78 is 12.9. The van der Waals surface area contributed by atoms with Crippen molar-refractivity contribution in [1.82, 2.24) is 15.2 Å². The number of rotatable bonds is 9. The molecule has 14 nitrogen and oxygen atoms in total. The Kier molecular flexibility index (Phi) is 7.42. The highest BCUT2D eigenvalue weighted by Gasteiger charge is 2.54. The molecule has 4 rings (SSSR count). The molecule has 2 aliphatic rings. The number of pyridine rings is 1. The molecule has 190 valence electrons. The van der Waals surface area contributed by atoms with E-state index in [0.29, 0.717) is 17.9 Å². The first-order chi connectivity index (χ1) is 17.1. The average Bonchev–Trinajstić information content (AvgIpc) is 3.27. The number of aliphatic carboxylic acids is 1. The molecule has 2 amide bonds. The van der Waals surface area contributed by atoms with Gasteiger partial charge in [-0.25, -0.2) is 18.9 Å². The maximum absolute atomic E-state index is 12.9.